The number of phenolic OH excluding ortho intramolecular Hbond substituents is 1. The Morgan fingerprint density at radius 2 is 2.00 bits per heavy atom. The fourth-order valence-electron chi connectivity index (χ4n) is 0.720. The van der Waals surface area contributed by atoms with Crippen molar-refractivity contribution >= 4 is 32.6 Å². The molecule has 1 aromatic carbocycles. The molecule has 0 aliphatic rings. The Balaban J connectivity index is 3.39. The zero-order valence-corrected chi connectivity index (χ0v) is 8.83. The highest BCUT2D eigenvalue weighted by Gasteiger charge is 2.11. The minimum Gasteiger partial charge on any atom is -0.508 e. The molecule has 0 amide bonds. The summed E-state index contributed by atoms with van der Waals surface area (Å²) in [5.41, 5.74) is 0. The highest BCUT2D eigenvalue weighted by molar-refractivity contribution is 14.1. The number of sulfonamides is 1. The van der Waals surface area contributed by atoms with E-state index in [4.69, 9.17) is 10.2 Å². The van der Waals surface area contributed by atoms with Crippen LogP contribution >= 0.6 is 22.6 Å². The molecule has 0 atom stereocenters. The lowest BCUT2D eigenvalue weighted by Gasteiger charge is -2.00. The van der Waals surface area contributed by atoms with Gasteiger partial charge in [-0.25, -0.2) is 13.6 Å². The highest BCUT2D eigenvalue weighted by atomic mass is 127. The first-order chi connectivity index (χ1) is 5.41. The summed E-state index contributed by atoms with van der Waals surface area (Å²) in [5.74, 6) is 0.0202. The van der Waals surface area contributed by atoms with Gasteiger partial charge in [-0.1, -0.05) is 0 Å². The van der Waals surface area contributed by atoms with Crippen molar-refractivity contribution in [2.24, 2.45) is 5.14 Å². The second kappa shape index (κ2) is 3.19. The lowest BCUT2D eigenvalue weighted by atomic mass is 10.3. The monoisotopic (exact) mass is 299 g/mol. The van der Waals surface area contributed by atoms with E-state index in [0.717, 1.165) is 0 Å². The Morgan fingerprint density at radius 1 is 1.42 bits per heavy atom. The van der Waals surface area contributed by atoms with Gasteiger partial charge in [-0.05, 0) is 40.8 Å². The summed E-state index contributed by atoms with van der Waals surface area (Å²) in [7, 11) is -3.67. The molecular formula is C6H6INO3S. The standard InChI is InChI=1S/C6H6INO3S/c7-5-3-4(9)1-2-6(5)12(8,10)11/h1-3,9H,(H2,8,10,11). The van der Waals surface area contributed by atoms with E-state index in [1.165, 1.54) is 18.2 Å². The second-order valence-corrected chi connectivity index (χ2v) is 4.85. The van der Waals surface area contributed by atoms with Crippen LogP contribution in [0.25, 0.3) is 0 Å². The summed E-state index contributed by atoms with van der Waals surface area (Å²) in [6, 6.07) is 3.88. The predicted octanol–water partition coefficient (Wildman–Crippen LogP) is 0.644. The van der Waals surface area contributed by atoms with Crippen molar-refractivity contribution in [2.45, 2.75) is 4.90 Å². The summed E-state index contributed by atoms with van der Waals surface area (Å²) in [5, 5.41) is 13.9. The third kappa shape index (κ3) is 2.08. The van der Waals surface area contributed by atoms with Crippen molar-refractivity contribution in [1.82, 2.24) is 0 Å². The summed E-state index contributed by atoms with van der Waals surface area (Å²) in [6.07, 6.45) is 0. The van der Waals surface area contributed by atoms with Crippen molar-refractivity contribution in [3.8, 4) is 5.75 Å². The van der Waals surface area contributed by atoms with Gasteiger partial charge >= 0.3 is 0 Å². The minimum atomic E-state index is -3.67. The highest BCUT2D eigenvalue weighted by Crippen LogP contribution is 2.21. The Kier molecular flexibility index (Phi) is 2.59. The molecule has 4 nitrogen and oxygen atoms in total. The van der Waals surface area contributed by atoms with Gasteiger partial charge in [0.15, 0.2) is 0 Å². The van der Waals surface area contributed by atoms with Gasteiger partial charge in [0.25, 0.3) is 0 Å². The molecule has 0 heterocycles. The number of halogens is 1. The zero-order chi connectivity index (χ0) is 9.35. The van der Waals surface area contributed by atoms with Gasteiger partial charge in [0.2, 0.25) is 10.0 Å². The van der Waals surface area contributed by atoms with Crippen LogP contribution in [0.4, 0.5) is 0 Å². The van der Waals surface area contributed by atoms with Crippen LogP contribution in [-0.4, -0.2) is 13.5 Å². The topological polar surface area (TPSA) is 80.4 Å². The van der Waals surface area contributed by atoms with Gasteiger partial charge in [-0.3, -0.25) is 0 Å². The van der Waals surface area contributed by atoms with Crippen molar-refractivity contribution in [2.75, 3.05) is 0 Å². The average Bonchev–Trinajstić information content (AvgIpc) is 1.83. The van der Waals surface area contributed by atoms with Crippen molar-refractivity contribution in [3.05, 3.63) is 21.8 Å². The largest absolute Gasteiger partial charge is 0.508 e. The van der Waals surface area contributed by atoms with E-state index in [-0.39, 0.29) is 10.6 Å². The number of nitrogens with two attached hydrogens (primary N) is 1. The lowest BCUT2D eigenvalue weighted by molar-refractivity contribution is 0.474. The molecule has 12 heavy (non-hydrogen) atoms. The van der Waals surface area contributed by atoms with Crippen LogP contribution in [0.3, 0.4) is 0 Å². The minimum absolute atomic E-state index is 0.0202. The van der Waals surface area contributed by atoms with E-state index >= 15 is 0 Å². The zero-order valence-electron chi connectivity index (χ0n) is 5.86. The van der Waals surface area contributed by atoms with E-state index < -0.39 is 10.0 Å². The van der Waals surface area contributed by atoms with Gasteiger partial charge in [0.1, 0.15) is 5.75 Å². The molecule has 0 aliphatic carbocycles. The fourth-order valence-corrected chi connectivity index (χ4v) is 2.73. The quantitative estimate of drug-likeness (QED) is 0.747. The summed E-state index contributed by atoms with van der Waals surface area (Å²) < 4.78 is 22.1. The molecule has 1 rings (SSSR count). The molecule has 1 aromatic rings. The van der Waals surface area contributed by atoms with E-state index in [9.17, 15) is 8.42 Å². The first-order valence-corrected chi connectivity index (χ1v) is 5.55. The van der Waals surface area contributed by atoms with Crippen LogP contribution in [0.5, 0.6) is 5.75 Å². The molecule has 0 spiro atoms. The summed E-state index contributed by atoms with van der Waals surface area (Å²) in [4.78, 5) is 0.0286. The molecule has 0 unspecified atom stereocenters. The van der Waals surface area contributed by atoms with Crippen molar-refractivity contribution in [3.63, 3.8) is 0 Å². The third-order valence-corrected chi connectivity index (χ3v) is 3.45. The van der Waals surface area contributed by atoms with E-state index in [1.54, 1.807) is 22.6 Å². The molecular weight excluding hydrogens is 293 g/mol. The van der Waals surface area contributed by atoms with Gasteiger partial charge in [0.05, 0.1) is 4.90 Å². The Labute approximate surface area is 83.6 Å². The van der Waals surface area contributed by atoms with Crippen LogP contribution in [0, 0.1) is 3.57 Å². The number of benzene rings is 1. The Bertz CT molecular complexity index is 401. The maximum atomic E-state index is 10.9. The molecule has 6 heteroatoms. The number of phenols is 1. The number of primary sulfonamides is 1. The van der Waals surface area contributed by atoms with Gasteiger partial charge in [0, 0.05) is 3.57 Å². The van der Waals surface area contributed by atoms with E-state index in [1.807, 2.05) is 0 Å². The van der Waals surface area contributed by atoms with Crippen LogP contribution in [0.2, 0.25) is 0 Å². The molecule has 0 aliphatic heterocycles. The van der Waals surface area contributed by atoms with Crippen LogP contribution in [0.1, 0.15) is 0 Å². The number of hydrogen-bond donors (Lipinski definition) is 2. The molecule has 0 aromatic heterocycles. The smallest absolute Gasteiger partial charge is 0.239 e. The normalized spacial score (nSPS) is 11.5. The maximum Gasteiger partial charge on any atom is 0.239 e. The Hall–Kier alpha value is -0.340. The third-order valence-electron chi connectivity index (χ3n) is 1.22. The average molecular weight is 299 g/mol. The first kappa shape index (κ1) is 9.75. The van der Waals surface area contributed by atoms with E-state index in [2.05, 4.69) is 0 Å². The van der Waals surface area contributed by atoms with E-state index in [0.29, 0.717) is 3.57 Å². The SMILES string of the molecule is NS(=O)(=O)c1ccc(O)cc1I. The molecule has 0 saturated heterocycles. The second-order valence-electron chi connectivity index (χ2n) is 2.16. The first-order valence-electron chi connectivity index (χ1n) is 2.92. The number of rotatable bonds is 1. The lowest BCUT2D eigenvalue weighted by Crippen LogP contribution is -2.13. The number of aromatic hydroxyl groups is 1. The van der Waals surface area contributed by atoms with Crippen molar-refractivity contribution in [1.29, 1.82) is 0 Å². The van der Waals surface area contributed by atoms with Crippen LogP contribution in [-0.2, 0) is 10.0 Å². The molecule has 3 N–H and O–H groups in total. The molecule has 0 radical (unpaired) electrons. The molecule has 66 valence electrons. The van der Waals surface area contributed by atoms with Gasteiger partial charge < -0.3 is 5.11 Å². The number of hydrogen-bond acceptors (Lipinski definition) is 3. The van der Waals surface area contributed by atoms with Gasteiger partial charge in [-0.15, -0.1) is 0 Å². The van der Waals surface area contributed by atoms with Crippen LogP contribution in [0.15, 0.2) is 23.1 Å². The Morgan fingerprint density at radius 3 is 2.42 bits per heavy atom. The molecule has 0 saturated carbocycles. The van der Waals surface area contributed by atoms with Crippen LogP contribution < -0.4 is 5.14 Å². The molecule has 0 fully saturated rings. The fraction of sp³-hybridized carbons (Fsp3) is 0. The van der Waals surface area contributed by atoms with Gasteiger partial charge in [-0.2, -0.15) is 0 Å². The molecule has 0 bridgehead atoms. The summed E-state index contributed by atoms with van der Waals surface area (Å²) in [6.45, 7) is 0. The van der Waals surface area contributed by atoms with Crippen molar-refractivity contribution < 1.29 is 13.5 Å². The maximum absolute atomic E-state index is 10.9. The summed E-state index contributed by atoms with van der Waals surface area (Å²) >= 11 is 1.79. The predicted molar refractivity (Wildman–Crippen MR) is 52.2 cm³/mol.